The van der Waals surface area contributed by atoms with Gasteiger partial charge in [-0.1, -0.05) is 12.6 Å². The van der Waals surface area contributed by atoms with Crippen molar-refractivity contribution in [3.8, 4) is 12.1 Å². The Labute approximate surface area is 254 Å². The highest BCUT2D eigenvalue weighted by molar-refractivity contribution is 5.87. The van der Waals surface area contributed by atoms with Crippen LogP contribution in [0.4, 0.5) is 29.1 Å². The van der Waals surface area contributed by atoms with Gasteiger partial charge in [0.15, 0.2) is 0 Å². The van der Waals surface area contributed by atoms with E-state index in [1.54, 1.807) is 11.8 Å². The molecule has 0 spiro atoms. The fourth-order valence-electron chi connectivity index (χ4n) is 6.37. The van der Waals surface area contributed by atoms with Crippen LogP contribution in [-0.4, -0.2) is 84.6 Å². The van der Waals surface area contributed by atoms with Gasteiger partial charge in [0.25, 0.3) is 0 Å². The van der Waals surface area contributed by atoms with Crippen molar-refractivity contribution in [2.75, 3.05) is 56.7 Å². The predicted molar refractivity (Wildman–Crippen MR) is 157 cm³/mol. The van der Waals surface area contributed by atoms with Crippen LogP contribution >= 0.6 is 0 Å². The van der Waals surface area contributed by atoms with E-state index in [0.29, 0.717) is 37.8 Å². The Morgan fingerprint density at radius 2 is 2.02 bits per heavy atom. The van der Waals surface area contributed by atoms with Gasteiger partial charge in [-0.15, -0.1) is 0 Å². The number of ether oxygens (including phenoxy) is 1. The van der Waals surface area contributed by atoms with Crippen molar-refractivity contribution in [3.63, 3.8) is 0 Å². The first-order valence-corrected chi connectivity index (χ1v) is 14.7. The van der Waals surface area contributed by atoms with E-state index in [9.17, 15) is 23.2 Å². The second kappa shape index (κ2) is 12.2. The molecule has 0 radical (unpaired) electrons. The first kappa shape index (κ1) is 31.5. The number of carbonyl (C=O) groups excluding carboxylic acids is 1. The molecule has 2 aromatic rings. The van der Waals surface area contributed by atoms with Crippen molar-refractivity contribution in [3.05, 3.63) is 53.5 Å². The first-order chi connectivity index (χ1) is 20.9. The van der Waals surface area contributed by atoms with Crippen LogP contribution in [0, 0.1) is 22.6 Å². The molecule has 1 aliphatic carbocycles. The molecule has 5 rings (SSSR count). The van der Waals surface area contributed by atoms with Crippen LogP contribution in [0.25, 0.3) is 0 Å². The fourth-order valence-corrected chi connectivity index (χ4v) is 6.37. The molecule has 1 amide bonds. The molecule has 1 saturated carbocycles. The third-order valence-corrected chi connectivity index (χ3v) is 8.66. The normalized spacial score (nSPS) is 21.1. The van der Waals surface area contributed by atoms with Gasteiger partial charge in [-0.25, -0.2) is 4.39 Å². The third kappa shape index (κ3) is 6.45. The first-order valence-electron chi connectivity index (χ1n) is 14.7. The number of rotatable bonds is 9. The van der Waals surface area contributed by atoms with Crippen molar-refractivity contribution in [2.45, 2.75) is 57.4 Å². The molecule has 0 N–H and O–H groups in total. The van der Waals surface area contributed by atoms with Gasteiger partial charge in [-0.2, -0.15) is 28.4 Å². The second-order valence-electron chi connectivity index (χ2n) is 12.3. The molecule has 2 aliphatic heterocycles. The molecular formula is C31H37F4N7O2. The lowest BCUT2D eigenvalue weighted by Crippen LogP contribution is -2.55. The lowest BCUT2D eigenvalue weighted by atomic mass is 9.96. The number of anilines is 2. The van der Waals surface area contributed by atoms with Crippen molar-refractivity contribution < 1.29 is 27.1 Å². The van der Waals surface area contributed by atoms with Crippen molar-refractivity contribution in [1.29, 1.82) is 5.26 Å². The number of nitriles is 1. The Morgan fingerprint density at radius 3 is 2.66 bits per heavy atom. The largest absolute Gasteiger partial charge is 0.463 e. The molecular weight excluding hydrogens is 578 g/mol. The lowest BCUT2D eigenvalue weighted by molar-refractivity contribution is -0.137. The number of fused-ring (bicyclic) bond motifs is 1. The second-order valence-corrected chi connectivity index (χ2v) is 12.3. The number of amides is 1. The van der Waals surface area contributed by atoms with Crippen LogP contribution in [0.2, 0.25) is 0 Å². The minimum absolute atomic E-state index is 0.0210. The summed E-state index contributed by atoms with van der Waals surface area (Å²) in [5, 5.41) is 9.47. The Bertz CT molecular complexity index is 1450. The SMILES string of the molecule is C=CC(=O)N1CCN(c2nc(OCC3(CN(C)C)CC3)nc3c2C[C@@H](C)N(c2c(F)cccc2C(F)(F)F)C3)CC1CC#N. The maximum Gasteiger partial charge on any atom is 0.418 e. The van der Waals surface area contributed by atoms with E-state index in [1.807, 2.05) is 19.0 Å². The third-order valence-electron chi connectivity index (χ3n) is 8.66. The molecule has 236 valence electrons. The van der Waals surface area contributed by atoms with Crippen LogP contribution in [0.3, 0.4) is 0 Å². The van der Waals surface area contributed by atoms with Gasteiger partial charge in [-0.05, 0) is 58.5 Å². The number of halogens is 4. The van der Waals surface area contributed by atoms with Gasteiger partial charge in [0.1, 0.15) is 11.6 Å². The number of alkyl halides is 3. The minimum Gasteiger partial charge on any atom is -0.463 e. The van der Waals surface area contributed by atoms with Gasteiger partial charge in [0, 0.05) is 43.2 Å². The Balaban J connectivity index is 1.53. The molecule has 1 saturated heterocycles. The van der Waals surface area contributed by atoms with Gasteiger partial charge >= 0.3 is 12.2 Å². The fraction of sp³-hybridized carbons (Fsp3) is 0.548. The van der Waals surface area contributed by atoms with Crippen LogP contribution in [0.1, 0.15) is 43.0 Å². The zero-order valence-corrected chi connectivity index (χ0v) is 25.2. The molecule has 44 heavy (non-hydrogen) atoms. The monoisotopic (exact) mass is 615 g/mol. The molecule has 3 heterocycles. The topological polar surface area (TPSA) is 88.8 Å². The summed E-state index contributed by atoms with van der Waals surface area (Å²) in [6, 6.07) is 4.32. The maximum absolute atomic E-state index is 15.1. The Kier molecular flexibility index (Phi) is 8.75. The standard InChI is InChI=1S/C31H37F4N7O2/c1-5-26(43)41-14-13-40(16-21(41)9-12-36)28-22-15-20(2)42(27-23(31(33,34)35)7-6-8-24(27)32)17-25(22)37-29(38-28)44-19-30(10-11-30)18-39(3)4/h5-8,20-21H,1,9-11,13-19H2,2-4H3/t20-,21?/m1/s1. The van der Waals surface area contributed by atoms with Gasteiger partial charge < -0.3 is 24.3 Å². The van der Waals surface area contributed by atoms with Crippen molar-refractivity contribution in [1.82, 2.24) is 19.8 Å². The summed E-state index contributed by atoms with van der Waals surface area (Å²) in [5.74, 6) is -0.654. The highest BCUT2D eigenvalue weighted by atomic mass is 19.4. The Morgan fingerprint density at radius 1 is 1.27 bits per heavy atom. The molecule has 0 bridgehead atoms. The van der Waals surface area contributed by atoms with Gasteiger partial charge in [0.05, 0.1) is 48.6 Å². The average molecular weight is 616 g/mol. The number of piperazine rings is 1. The summed E-state index contributed by atoms with van der Waals surface area (Å²) in [7, 11) is 3.99. The number of hydrogen-bond donors (Lipinski definition) is 0. The van der Waals surface area contributed by atoms with E-state index in [1.165, 1.54) is 11.0 Å². The number of para-hydroxylation sites is 1. The summed E-state index contributed by atoms with van der Waals surface area (Å²) in [6.45, 7) is 7.54. The van der Waals surface area contributed by atoms with Gasteiger partial charge in [0.2, 0.25) is 5.91 Å². The predicted octanol–water partition coefficient (Wildman–Crippen LogP) is 4.42. The molecule has 1 aromatic heterocycles. The van der Waals surface area contributed by atoms with E-state index >= 15 is 4.39 Å². The highest BCUT2D eigenvalue weighted by Gasteiger charge is 2.45. The van der Waals surface area contributed by atoms with E-state index in [2.05, 4.69) is 22.5 Å². The molecule has 1 unspecified atom stereocenters. The lowest BCUT2D eigenvalue weighted by Gasteiger charge is -2.43. The highest BCUT2D eigenvalue weighted by Crippen LogP contribution is 2.46. The van der Waals surface area contributed by atoms with Gasteiger partial charge in [-0.3, -0.25) is 4.79 Å². The maximum atomic E-state index is 15.1. The quantitative estimate of drug-likeness (QED) is 0.303. The molecule has 2 atom stereocenters. The van der Waals surface area contributed by atoms with E-state index < -0.39 is 35.3 Å². The average Bonchev–Trinajstić information content (AvgIpc) is 3.73. The summed E-state index contributed by atoms with van der Waals surface area (Å²) < 4.78 is 63.3. The smallest absolute Gasteiger partial charge is 0.418 e. The number of benzene rings is 1. The molecule has 1 aromatic carbocycles. The van der Waals surface area contributed by atoms with E-state index in [-0.39, 0.29) is 36.7 Å². The zero-order chi connectivity index (χ0) is 31.8. The number of carbonyl (C=O) groups is 1. The Hall–Kier alpha value is -3.92. The summed E-state index contributed by atoms with van der Waals surface area (Å²) in [6.07, 6.45) is -1.15. The number of aromatic nitrogens is 2. The molecule has 2 fully saturated rings. The molecule has 13 heteroatoms. The molecule has 9 nitrogen and oxygen atoms in total. The van der Waals surface area contributed by atoms with Crippen molar-refractivity contribution >= 4 is 17.4 Å². The number of nitrogens with zero attached hydrogens (tertiary/aromatic N) is 7. The van der Waals surface area contributed by atoms with Crippen LogP contribution in [0.5, 0.6) is 6.01 Å². The van der Waals surface area contributed by atoms with Crippen molar-refractivity contribution in [2.24, 2.45) is 5.41 Å². The molecule has 3 aliphatic rings. The van der Waals surface area contributed by atoms with Crippen LogP contribution < -0.4 is 14.5 Å². The van der Waals surface area contributed by atoms with E-state index in [0.717, 1.165) is 43.1 Å². The minimum atomic E-state index is -4.74. The summed E-state index contributed by atoms with van der Waals surface area (Å²) >= 11 is 0. The van der Waals surface area contributed by atoms with E-state index in [4.69, 9.17) is 9.72 Å². The van der Waals surface area contributed by atoms with Crippen LogP contribution in [-0.2, 0) is 23.9 Å². The zero-order valence-electron chi connectivity index (χ0n) is 25.2. The van der Waals surface area contributed by atoms with Crippen LogP contribution in [0.15, 0.2) is 30.9 Å². The summed E-state index contributed by atoms with van der Waals surface area (Å²) in [5.41, 5.74) is -0.375. The summed E-state index contributed by atoms with van der Waals surface area (Å²) in [4.78, 5) is 29.1. The number of hydrogen-bond acceptors (Lipinski definition) is 8.